The molecular formula is C12H13F3N2O5. The number of amides is 1. The fraction of sp³-hybridized carbons (Fsp3) is 0.250. The van der Waals surface area contributed by atoms with E-state index in [9.17, 15) is 27.6 Å². The number of hydrogen-bond donors (Lipinski definition) is 4. The number of carboxylic acids is 2. The van der Waals surface area contributed by atoms with Crippen LogP contribution in [0.2, 0.25) is 0 Å². The van der Waals surface area contributed by atoms with Gasteiger partial charge in [-0.25, -0.2) is 0 Å². The number of carbonyl (C=O) groups is 3. The van der Waals surface area contributed by atoms with Gasteiger partial charge in [0.05, 0.1) is 6.42 Å². The number of alkyl halides is 3. The molecule has 22 heavy (non-hydrogen) atoms. The Morgan fingerprint density at radius 2 is 1.64 bits per heavy atom. The van der Waals surface area contributed by atoms with Gasteiger partial charge in [-0.1, -0.05) is 18.2 Å². The molecular weight excluding hydrogens is 309 g/mol. The van der Waals surface area contributed by atoms with Gasteiger partial charge in [0, 0.05) is 5.56 Å². The maximum absolute atomic E-state index is 11.7. The first-order valence-corrected chi connectivity index (χ1v) is 5.67. The van der Waals surface area contributed by atoms with Crippen molar-refractivity contribution in [2.45, 2.75) is 18.8 Å². The Kier molecular flexibility index (Phi) is 7.59. The summed E-state index contributed by atoms with van der Waals surface area (Å²) in [5.74, 6) is -3.64. The van der Waals surface area contributed by atoms with E-state index >= 15 is 0 Å². The SMILES string of the molecule is N[C@@H](CC(=O)O)C(=O)O.O=C(NC(F)(F)F)c1ccccc1. The van der Waals surface area contributed by atoms with Crippen LogP contribution in [-0.2, 0) is 9.59 Å². The molecule has 0 fully saturated rings. The van der Waals surface area contributed by atoms with E-state index in [2.05, 4.69) is 0 Å². The van der Waals surface area contributed by atoms with Crippen molar-refractivity contribution in [1.29, 1.82) is 0 Å². The van der Waals surface area contributed by atoms with E-state index in [0.717, 1.165) is 5.32 Å². The van der Waals surface area contributed by atoms with Crippen LogP contribution in [0.5, 0.6) is 0 Å². The first kappa shape index (κ1) is 19.4. The first-order chi connectivity index (χ1) is 10.0. The number of halogens is 3. The quantitative estimate of drug-likeness (QED) is 0.607. The lowest BCUT2D eigenvalue weighted by atomic mass is 10.2. The zero-order valence-electron chi connectivity index (χ0n) is 11.0. The van der Waals surface area contributed by atoms with E-state index < -0.39 is 36.6 Å². The van der Waals surface area contributed by atoms with E-state index in [-0.39, 0.29) is 5.56 Å². The number of nitrogens with two attached hydrogens (primary N) is 1. The zero-order chi connectivity index (χ0) is 17.3. The summed E-state index contributed by atoms with van der Waals surface area (Å²) < 4.78 is 35.0. The van der Waals surface area contributed by atoms with Crippen LogP contribution in [0.25, 0.3) is 0 Å². The third-order valence-electron chi connectivity index (χ3n) is 2.00. The number of rotatable bonds is 4. The molecule has 1 amide bonds. The van der Waals surface area contributed by atoms with Gasteiger partial charge in [-0.2, -0.15) is 13.2 Å². The molecule has 0 aromatic heterocycles. The van der Waals surface area contributed by atoms with Gasteiger partial charge in [0.1, 0.15) is 6.04 Å². The average Bonchev–Trinajstić information content (AvgIpc) is 2.37. The van der Waals surface area contributed by atoms with E-state index in [1.165, 1.54) is 24.3 Å². The molecule has 1 rings (SSSR count). The third-order valence-corrected chi connectivity index (χ3v) is 2.00. The monoisotopic (exact) mass is 322 g/mol. The Hall–Kier alpha value is -2.62. The van der Waals surface area contributed by atoms with Crippen LogP contribution in [0, 0.1) is 0 Å². The summed E-state index contributed by atoms with van der Waals surface area (Å²) in [6.07, 6.45) is -5.21. The van der Waals surface area contributed by atoms with E-state index in [0.29, 0.717) is 0 Å². The summed E-state index contributed by atoms with van der Waals surface area (Å²) in [6, 6.07) is 5.92. The Morgan fingerprint density at radius 3 is 1.95 bits per heavy atom. The van der Waals surface area contributed by atoms with Crippen LogP contribution >= 0.6 is 0 Å². The van der Waals surface area contributed by atoms with Crippen LogP contribution in [0.1, 0.15) is 16.8 Å². The summed E-state index contributed by atoms with van der Waals surface area (Å²) in [5, 5.41) is 16.9. The van der Waals surface area contributed by atoms with Crippen molar-refractivity contribution < 1.29 is 37.8 Å². The maximum Gasteiger partial charge on any atom is 0.484 e. The van der Waals surface area contributed by atoms with Gasteiger partial charge < -0.3 is 15.9 Å². The van der Waals surface area contributed by atoms with Gasteiger partial charge in [0.15, 0.2) is 0 Å². The molecule has 5 N–H and O–H groups in total. The highest BCUT2D eigenvalue weighted by Gasteiger charge is 2.30. The molecule has 0 unspecified atom stereocenters. The molecule has 1 atom stereocenters. The normalized spacial score (nSPS) is 11.6. The number of benzene rings is 1. The number of aliphatic carboxylic acids is 2. The summed E-state index contributed by atoms with van der Waals surface area (Å²) in [5.41, 5.74) is 4.82. The van der Waals surface area contributed by atoms with Crippen molar-refractivity contribution in [3.8, 4) is 0 Å². The minimum atomic E-state index is -4.67. The zero-order valence-corrected chi connectivity index (χ0v) is 11.0. The van der Waals surface area contributed by atoms with Crippen molar-refractivity contribution >= 4 is 17.8 Å². The minimum Gasteiger partial charge on any atom is -0.481 e. The van der Waals surface area contributed by atoms with Gasteiger partial charge in [0.25, 0.3) is 5.91 Å². The van der Waals surface area contributed by atoms with Crippen LogP contribution < -0.4 is 11.1 Å². The van der Waals surface area contributed by atoms with Gasteiger partial charge in [-0.15, -0.1) is 0 Å². The molecule has 0 saturated heterocycles. The molecule has 1 aromatic rings. The fourth-order valence-electron chi connectivity index (χ4n) is 1.07. The smallest absolute Gasteiger partial charge is 0.481 e. The highest BCUT2D eigenvalue weighted by atomic mass is 19.4. The number of nitrogens with one attached hydrogen (secondary N) is 1. The lowest BCUT2D eigenvalue weighted by Gasteiger charge is -2.07. The minimum absolute atomic E-state index is 0.0141. The molecule has 0 spiro atoms. The van der Waals surface area contributed by atoms with E-state index in [1.54, 1.807) is 6.07 Å². The topological polar surface area (TPSA) is 130 Å². The van der Waals surface area contributed by atoms with Crippen molar-refractivity contribution in [3.63, 3.8) is 0 Å². The Balaban J connectivity index is 0.000000433. The molecule has 0 aliphatic heterocycles. The summed E-state index contributed by atoms with van der Waals surface area (Å²) in [7, 11) is 0. The lowest BCUT2D eigenvalue weighted by Crippen LogP contribution is -2.37. The maximum atomic E-state index is 11.7. The predicted octanol–water partition coefficient (Wildman–Crippen LogP) is 0.809. The molecule has 0 saturated carbocycles. The highest BCUT2D eigenvalue weighted by Crippen LogP contribution is 2.11. The molecule has 0 radical (unpaired) electrons. The Morgan fingerprint density at radius 1 is 1.14 bits per heavy atom. The van der Waals surface area contributed by atoms with E-state index in [1.807, 2.05) is 0 Å². The largest absolute Gasteiger partial charge is 0.484 e. The van der Waals surface area contributed by atoms with Gasteiger partial charge >= 0.3 is 18.2 Å². The van der Waals surface area contributed by atoms with E-state index in [4.69, 9.17) is 15.9 Å². The van der Waals surface area contributed by atoms with Crippen molar-refractivity contribution in [2.24, 2.45) is 5.73 Å². The average molecular weight is 322 g/mol. The predicted molar refractivity (Wildman–Crippen MR) is 67.8 cm³/mol. The standard InChI is InChI=1S/C8H6F3NO.C4H7NO4/c9-8(10,11)12-7(13)6-4-2-1-3-5-6;5-2(4(8)9)1-3(6)7/h1-5H,(H,12,13);2H,1,5H2,(H,6,7)(H,8,9)/t;2-/m.0/s1. The fourth-order valence-corrected chi connectivity index (χ4v) is 1.07. The molecule has 0 bridgehead atoms. The molecule has 7 nitrogen and oxygen atoms in total. The molecule has 0 aliphatic carbocycles. The molecule has 1 aromatic carbocycles. The van der Waals surface area contributed by atoms with Crippen molar-refractivity contribution in [2.75, 3.05) is 0 Å². The van der Waals surface area contributed by atoms with Crippen molar-refractivity contribution in [1.82, 2.24) is 5.32 Å². The van der Waals surface area contributed by atoms with Crippen molar-refractivity contribution in [3.05, 3.63) is 35.9 Å². The van der Waals surface area contributed by atoms with Crippen LogP contribution in [0.3, 0.4) is 0 Å². The summed E-state index contributed by atoms with van der Waals surface area (Å²) in [4.78, 5) is 30.4. The number of carboxylic acid groups (broad SMARTS) is 2. The molecule has 10 heteroatoms. The number of carbonyl (C=O) groups excluding carboxylic acids is 1. The summed E-state index contributed by atoms with van der Waals surface area (Å²) >= 11 is 0. The third kappa shape index (κ3) is 9.31. The number of hydrogen-bond acceptors (Lipinski definition) is 4. The second-order valence-electron chi connectivity index (χ2n) is 3.86. The first-order valence-electron chi connectivity index (χ1n) is 5.67. The Bertz CT molecular complexity index is 519. The van der Waals surface area contributed by atoms with Crippen LogP contribution in [0.4, 0.5) is 13.2 Å². The molecule has 0 aliphatic rings. The second kappa shape index (κ2) is 8.62. The Labute approximate surface area is 122 Å². The lowest BCUT2D eigenvalue weighted by molar-refractivity contribution is -0.146. The highest BCUT2D eigenvalue weighted by molar-refractivity contribution is 5.94. The van der Waals surface area contributed by atoms with Crippen LogP contribution in [0.15, 0.2) is 30.3 Å². The van der Waals surface area contributed by atoms with Crippen LogP contribution in [-0.4, -0.2) is 40.4 Å². The van der Waals surface area contributed by atoms with Gasteiger partial charge in [-0.05, 0) is 12.1 Å². The molecule has 0 heterocycles. The second-order valence-corrected chi connectivity index (χ2v) is 3.86. The van der Waals surface area contributed by atoms with Gasteiger partial charge in [-0.3, -0.25) is 19.7 Å². The molecule has 122 valence electrons. The summed E-state index contributed by atoms with van der Waals surface area (Å²) in [6.45, 7) is 0. The van der Waals surface area contributed by atoms with Gasteiger partial charge in [0.2, 0.25) is 0 Å².